The molecule has 7 heteroatoms. The molecular weight excluding hydrogens is 362 g/mol. The Balaban J connectivity index is 1.72. The number of alkyl halides is 4. The van der Waals surface area contributed by atoms with Crippen LogP contribution in [0.4, 0.5) is 23.2 Å². The highest BCUT2D eigenvalue weighted by molar-refractivity contribution is 5.75. The largest absolute Gasteiger partial charge is 0.366 e. The maximum atomic E-state index is 13.5. The van der Waals surface area contributed by atoms with Crippen LogP contribution in [0.3, 0.4) is 0 Å². The van der Waals surface area contributed by atoms with Gasteiger partial charge in [0.15, 0.2) is 0 Å². The van der Waals surface area contributed by atoms with Gasteiger partial charge >= 0.3 is 6.61 Å². The van der Waals surface area contributed by atoms with Crippen LogP contribution in [-0.4, -0.2) is 38.0 Å². The molecule has 0 aromatic heterocycles. The summed E-state index contributed by atoms with van der Waals surface area (Å²) in [4.78, 5) is 12.9. The van der Waals surface area contributed by atoms with Crippen LogP contribution in [0.5, 0.6) is 0 Å². The van der Waals surface area contributed by atoms with Crippen LogP contribution < -0.4 is 4.90 Å². The Kier molecular flexibility index (Phi) is 6.40. The molecule has 3 nitrogen and oxygen atoms in total. The fourth-order valence-corrected chi connectivity index (χ4v) is 4.39. The Bertz CT molecular complexity index is 613. The summed E-state index contributed by atoms with van der Waals surface area (Å²) in [5.41, 5.74) is 1.39. The van der Waals surface area contributed by atoms with Gasteiger partial charge in [-0.25, -0.2) is 8.78 Å². The van der Waals surface area contributed by atoms with Gasteiger partial charge in [-0.15, -0.1) is 0 Å². The molecule has 2 aliphatic rings. The molecule has 1 aromatic rings. The molecule has 3 rings (SSSR count). The van der Waals surface area contributed by atoms with Crippen molar-refractivity contribution in [1.29, 1.82) is 0 Å². The number of aldehydes is 1. The molecule has 150 valence electrons. The zero-order valence-electron chi connectivity index (χ0n) is 15.1. The number of carbonyl (C=O) groups excluding carboxylic acids is 1. The maximum Gasteiger partial charge on any atom is 0.345 e. The van der Waals surface area contributed by atoms with Crippen molar-refractivity contribution in [3.63, 3.8) is 0 Å². The summed E-state index contributed by atoms with van der Waals surface area (Å²) in [6, 6.07) is 6.80. The Morgan fingerprint density at radius 1 is 1.07 bits per heavy atom. The molecule has 1 aliphatic heterocycles. The lowest BCUT2D eigenvalue weighted by Gasteiger charge is -2.45. The standard InChI is InChI=1S/C20H25F4NO2/c21-19(22)27-13-18-6-3-16(15-7-9-20(23,24)10-8-15)11-25(18)17-4-1-14(12-26)2-5-17/h1-2,4-5,12,15-16,18-19H,3,6-11,13H2. The second-order valence-corrected chi connectivity index (χ2v) is 7.64. The molecular formula is C20H25F4NO2. The van der Waals surface area contributed by atoms with E-state index < -0.39 is 12.5 Å². The molecule has 0 amide bonds. The number of nitrogens with zero attached hydrogens (tertiary/aromatic N) is 1. The summed E-state index contributed by atoms with van der Waals surface area (Å²) in [6.07, 6.45) is 3.14. The third-order valence-electron chi connectivity index (χ3n) is 5.95. The van der Waals surface area contributed by atoms with Gasteiger partial charge in [0.05, 0.1) is 12.6 Å². The first kappa shape index (κ1) is 20.1. The minimum absolute atomic E-state index is 0.0693. The van der Waals surface area contributed by atoms with Crippen LogP contribution in [0.2, 0.25) is 0 Å². The highest BCUT2D eigenvalue weighted by atomic mass is 19.3. The average molecular weight is 387 g/mol. The van der Waals surface area contributed by atoms with E-state index in [1.165, 1.54) is 0 Å². The van der Waals surface area contributed by atoms with E-state index in [0.29, 0.717) is 31.4 Å². The first-order valence-electron chi connectivity index (χ1n) is 9.47. The summed E-state index contributed by atoms with van der Waals surface area (Å²) >= 11 is 0. The Morgan fingerprint density at radius 3 is 2.33 bits per heavy atom. The first-order chi connectivity index (χ1) is 12.9. The average Bonchev–Trinajstić information content (AvgIpc) is 2.66. The lowest BCUT2D eigenvalue weighted by atomic mass is 9.74. The van der Waals surface area contributed by atoms with Crippen LogP contribution in [0.15, 0.2) is 24.3 Å². The van der Waals surface area contributed by atoms with Gasteiger partial charge in [-0.3, -0.25) is 4.79 Å². The number of hydrogen-bond donors (Lipinski definition) is 0. The van der Waals surface area contributed by atoms with E-state index in [4.69, 9.17) is 0 Å². The van der Waals surface area contributed by atoms with Crippen molar-refractivity contribution in [2.24, 2.45) is 11.8 Å². The van der Waals surface area contributed by atoms with Gasteiger partial charge in [0, 0.05) is 30.6 Å². The van der Waals surface area contributed by atoms with E-state index in [-0.39, 0.29) is 37.3 Å². The monoisotopic (exact) mass is 387 g/mol. The fourth-order valence-electron chi connectivity index (χ4n) is 4.39. The molecule has 1 saturated carbocycles. The molecule has 2 fully saturated rings. The van der Waals surface area contributed by atoms with E-state index in [2.05, 4.69) is 4.74 Å². The van der Waals surface area contributed by atoms with Gasteiger partial charge in [0.2, 0.25) is 5.92 Å². The summed E-state index contributed by atoms with van der Waals surface area (Å²) in [5, 5.41) is 0. The van der Waals surface area contributed by atoms with Crippen molar-refractivity contribution in [2.45, 2.75) is 57.1 Å². The normalized spacial score (nSPS) is 26.3. The van der Waals surface area contributed by atoms with Crippen molar-refractivity contribution in [1.82, 2.24) is 0 Å². The van der Waals surface area contributed by atoms with Crippen LogP contribution in [0.25, 0.3) is 0 Å². The van der Waals surface area contributed by atoms with Crippen molar-refractivity contribution in [3.05, 3.63) is 29.8 Å². The second kappa shape index (κ2) is 8.59. The lowest BCUT2D eigenvalue weighted by Crippen LogP contribution is -2.48. The molecule has 2 atom stereocenters. The highest BCUT2D eigenvalue weighted by Gasteiger charge is 2.40. The lowest BCUT2D eigenvalue weighted by molar-refractivity contribution is -0.133. The number of anilines is 1. The molecule has 1 aromatic carbocycles. The summed E-state index contributed by atoms with van der Waals surface area (Å²) in [6.45, 7) is -2.26. The van der Waals surface area contributed by atoms with Crippen molar-refractivity contribution in [2.75, 3.05) is 18.1 Å². The fraction of sp³-hybridized carbons (Fsp3) is 0.650. The summed E-state index contributed by atoms with van der Waals surface area (Å²) in [5.74, 6) is -2.06. The number of piperidine rings is 1. The molecule has 1 aliphatic carbocycles. The van der Waals surface area contributed by atoms with E-state index >= 15 is 0 Å². The summed E-state index contributed by atoms with van der Waals surface area (Å²) < 4.78 is 56.5. The number of halogens is 4. The van der Waals surface area contributed by atoms with Crippen molar-refractivity contribution in [3.8, 4) is 0 Å². The molecule has 0 bridgehead atoms. The molecule has 0 spiro atoms. The highest BCUT2D eigenvalue weighted by Crippen LogP contribution is 2.42. The minimum atomic E-state index is -2.82. The summed E-state index contributed by atoms with van der Waals surface area (Å²) in [7, 11) is 0. The van der Waals surface area contributed by atoms with Crippen LogP contribution in [-0.2, 0) is 4.74 Å². The maximum absolute atomic E-state index is 13.5. The van der Waals surface area contributed by atoms with Crippen molar-refractivity contribution < 1.29 is 27.1 Å². The van der Waals surface area contributed by atoms with Crippen LogP contribution in [0, 0.1) is 11.8 Å². The third-order valence-corrected chi connectivity index (χ3v) is 5.95. The third kappa shape index (κ3) is 5.21. The second-order valence-electron chi connectivity index (χ2n) is 7.64. The van der Waals surface area contributed by atoms with Gasteiger partial charge in [0.25, 0.3) is 0 Å². The predicted molar refractivity (Wildman–Crippen MR) is 94.5 cm³/mol. The van der Waals surface area contributed by atoms with E-state index in [9.17, 15) is 22.4 Å². The molecule has 1 saturated heterocycles. The Labute approximate surface area is 156 Å². The van der Waals surface area contributed by atoms with Crippen molar-refractivity contribution >= 4 is 12.0 Å². The van der Waals surface area contributed by atoms with Gasteiger partial charge in [-0.05, 0) is 61.8 Å². The smallest absolute Gasteiger partial charge is 0.345 e. The number of carbonyl (C=O) groups is 1. The van der Waals surface area contributed by atoms with Gasteiger partial charge in [-0.1, -0.05) is 0 Å². The number of hydrogen-bond acceptors (Lipinski definition) is 3. The van der Waals surface area contributed by atoms with Crippen LogP contribution >= 0.6 is 0 Å². The van der Waals surface area contributed by atoms with Crippen LogP contribution in [0.1, 0.15) is 48.9 Å². The van der Waals surface area contributed by atoms with Gasteiger partial charge in [-0.2, -0.15) is 8.78 Å². The minimum Gasteiger partial charge on any atom is -0.366 e. The quantitative estimate of drug-likeness (QED) is 0.499. The Hall–Kier alpha value is -1.63. The predicted octanol–water partition coefficient (Wildman–Crippen LogP) is 5.15. The number of ether oxygens (including phenoxy) is 1. The molecule has 0 N–H and O–H groups in total. The Morgan fingerprint density at radius 2 is 1.74 bits per heavy atom. The first-order valence-corrected chi connectivity index (χ1v) is 9.47. The SMILES string of the molecule is O=Cc1ccc(N2CC(C3CCC(F)(F)CC3)CCC2COC(F)F)cc1. The molecule has 27 heavy (non-hydrogen) atoms. The molecule has 1 heterocycles. The van der Waals surface area contributed by atoms with Gasteiger partial charge < -0.3 is 9.64 Å². The van der Waals surface area contributed by atoms with E-state index in [0.717, 1.165) is 18.4 Å². The topological polar surface area (TPSA) is 29.5 Å². The van der Waals surface area contributed by atoms with Gasteiger partial charge in [0.1, 0.15) is 6.29 Å². The number of benzene rings is 1. The molecule has 0 radical (unpaired) electrons. The number of rotatable bonds is 6. The van der Waals surface area contributed by atoms with E-state index in [1.54, 1.807) is 24.3 Å². The zero-order valence-corrected chi connectivity index (χ0v) is 15.1. The van der Waals surface area contributed by atoms with E-state index in [1.807, 2.05) is 4.90 Å². The molecule has 2 unspecified atom stereocenters. The zero-order chi connectivity index (χ0) is 19.4.